The van der Waals surface area contributed by atoms with E-state index in [2.05, 4.69) is 58.1 Å². The van der Waals surface area contributed by atoms with Crippen LogP contribution in [0.25, 0.3) is 0 Å². The van der Waals surface area contributed by atoms with E-state index in [1.807, 2.05) is 0 Å². The van der Waals surface area contributed by atoms with Gasteiger partial charge < -0.3 is 5.32 Å². The van der Waals surface area contributed by atoms with Gasteiger partial charge in [0, 0.05) is 6.04 Å². The minimum Gasteiger partial charge on any atom is -0.310 e. The van der Waals surface area contributed by atoms with E-state index in [0.717, 1.165) is 12.5 Å². The molecular weight excluding hydrogens is 254 g/mol. The van der Waals surface area contributed by atoms with Crippen molar-refractivity contribution in [1.82, 2.24) is 5.32 Å². The topological polar surface area (TPSA) is 12.0 Å². The predicted molar refractivity (Wildman–Crippen MR) is 90.6 cm³/mol. The fraction of sp³-hybridized carbons (Fsp3) is 0.700. The van der Waals surface area contributed by atoms with Crippen molar-refractivity contribution in [3.05, 3.63) is 34.9 Å². The first-order chi connectivity index (χ1) is 9.89. The van der Waals surface area contributed by atoms with Crippen LogP contribution in [0.1, 0.15) is 70.2 Å². The summed E-state index contributed by atoms with van der Waals surface area (Å²) < 4.78 is 0. The third-order valence-corrected chi connectivity index (χ3v) is 6.62. The van der Waals surface area contributed by atoms with E-state index >= 15 is 0 Å². The van der Waals surface area contributed by atoms with Crippen molar-refractivity contribution in [2.24, 2.45) is 16.7 Å². The number of nitrogens with one attached hydrogen (secondary N) is 1. The normalized spacial score (nSPS) is 24.4. The molecule has 21 heavy (non-hydrogen) atoms. The van der Waals surface area contributed by atoms with Gasteiger partial charge >= 0.3 is 0 Å². The lowest BCUT2D eigenvalue weighted by Crippen LogP contribution is -2.25. The molecule has 1 unspecified atom stereocenters. The van der Waals surface area contributed by atoms with Crippen molar-refractivity contribution in [3.8, 4) is 0 Å². The van der Waals surface area contributed by atoms with E-state index in [1.54, 1.807) is 11.1 Å². The fourth-order valence-electron chi connectivity index (χ4n) is 4.68. The maximum Gasteiger partial charge on any atom is 0.0359 e. The van der Waals surface area contributed by atoms with Crippen molar-refractivity contribution >= 4 is 0 Å². The summed E-state index contributed by atoms with van der Waals surface area (Å²) in [6.45, 7) is 13.0. The van der Waals surface area contributed by atoms with E-state index in [-0.39, 0.29) is 0 Å². The Labute approximate surface area is 130 Å². The monoisotopic (exact) mass is 285 g/mol. The molecule has 0 aromatic heterocycles. The summed E-state index contributed by atoms with van der Waals surface area (Å²) in [7, 11) is 0. The highest BCUT2D eigenvalue weighted by Gasteiger charge is 2.67. The maximum atomic E-state index is 3.78. The minimum absolute atomic E-state index is 0.426. The molecule has 0 aliphatic heterocycles. The third-order valence-electron chi connectivity index (χ3n) is 6.62. The molecule has 1 aromatic carbocycles. The molecule has 1 nitrogen and oxygen atoms in total. The highest BCUT2D eigenvalue weighted by Crippen LogP contribution is 2.72. The SMILES string of the molecule is CCNC(c1ccc2c(c1)CCCC2)C1C(C)(C)C1(C)C. The first-order valence-corrected chi connectivity index (χ1v) is 8.74. The van der Waals surface area contributed by atoms with E-state index in [9.17, 15) is 0 Å². The first-order valence-electron chi connectivity index (χ1n) is 8.74. The van der Waals surface area contributed by atoms with Gasteiger partial charge in [0.05, 0.1) is 0 Å². The zero-order chi connectivity index (χ0) is 15.3. The van der Waals surface area contributed by atoms with Crippen LogP contribution in [0.5, 0.6) is 0 Å². The Morgan fingerprint density at radius 2 is 1.67 bits per heavy atom. The molecule has 0 saturated heterocycles. The summed E-state index contributed by atoms with van der Waals surface area (Å²) in [6, 6.07) is 7.80. The summed E-state index contributed by atoms with van der Waals surface area (Å²) in [4.78, 5) is 0. The number of aryl methyl sites for hydroxylation is 2. The molecule has 1 aromatic rings. The van der Waals surface area contributed by atoms with Crippen molar-refractivity contribution in [2.75, 3.05) is 6.54 Å². The second-order valence-corrected chi connectivity index (χ2v) is 8.19. The summed E-state index contributed by atoms with van der Waals surface area (Å²) in [5.41, 5.74) is 5.57. The first kappa shape index (κ1) is 15.1. The van der Waals surface area contributed by atoms with Crippen molar-refractivity contribution in [1.29, 1.82) is 0 Å². The van der Waals surface area contributed by atoms with Gasteiger partial charge in [-0.25, -0.2) is 0 Å². The molecule has 1 atom stereocenters. The molecule has 0 amide bonds. The Morgan fingerprint density at radius 3 is 2.24 bits per heavy atom. The van der Waals surface area contributed by atoms with E-state index in [0.29, 0.717) is 16.9 Å². The zero-order valence-electron chi connectivity index (χ0n) is 14.4. The van der Waals surface area contributed by atoms with Gasteiger partial charge in [0.2, 0.25) is 0 Å². The van der Waals surface area contributed by atoms with Crippen LogP contribution < -0.4 is 5.32 Å². The second kappa shape index (κ2) is 5.12. The van der Waals surface area contributed by atoms with Gasteiger partial charge in [-0.15, -0.1) is 0 Å². The number of hydrogen-bond acceptors (Lipinski definition) is 1. The molecule has 3 rings (SSSR count). The quantitative estimate of drug-likeness (QED) is 0.830. The summed E-state index contributed by atoms with van der Waals surface area (Å²) in [6.07, 6.45) is 5.29. The molecule has 0 radical (unpaired) electrons. The van der Waals surface area contributed by atoms with Gasteiger partial charge in [0.25, 0.3) is 0 Å². The van der Waals surface area contributed by atoms with Gasteiger partial charge in [-0.05, 0) is 65.7 Å². The average Bonchev–Trinajstić information content (AvgIpc) is 2.86. The maximum absolute atomic E-state index is 3.78. The van der Waals surface area contributed by atoms with E-state index in [4.69, 9.17) is 0 Å². The predicted octanol–water partition coefficient (Wildman–Crippen LogP) is 4.90. The van der Waals surface area contributed by atoms with Crippen molar-refractivity contribution in [2.45, 2.75) is 66.3 Å². The van der Waals surface area contributed by atoms with Crippen molar-refractivity contribution < 1.29 is 0 Å². The summed E-state index contributed by atoms with van der Waals surface area (Å²) in [5, 5.41) is 3.78. The van der Waals surface area contributed by atoms with Crippen LogP contribution in [0, 0.1) is 16.7 Å². The number of benzene rings is 1. The Bertz CT molecular complexity index is 513. The Morgan fingerprint density at radius 1 is 1.05 bits per heavy atom. The number of fused-ring (bicyclic) bond motifs is 1. The second-order valence-electron chi connectivity index (χ2n) is 8.19. The lowest BCUT2D eigenvalue weighted by Gasteiger charge is -2.24. The van der Waals surface area contributed by atoms with Crippen LogP contribution in [0.3, 0.4) is 0 Å². The molecule has 0 heterocycles. The smallest absolute Gasteiger partial charge is 0.0359 e. The average molecular weight is 285 g/mol. The minimum atomic E-state index is 0.426. The van der Waals surface area contributed by atoms with Gasteiger partial charge in [0.1, 0.15) is 0 Å². The summed E-state index contributed by atoms with van der Waals surface area (Å²) >= 11 is 0. The Kier molecular flexibility index (Phi) is 3.68. The molecule has 1 heteroatoms. The molecule has 2 aliphatic carbocycles. The summed E-state index contributed by atoms with van der Waals surface area (Å²) in [5.74, 6) is 0.728. The van der Waals surface area contributed by atoms with Crippen LogP contribution in [0.4, 0.5) is 0 Å². The highest BCUT2D eigenvalue weighted by atomic mass is 15.0. The van der Waals surface area contributed by atoms with Crippen molar-refractivity contribution in [3.63, 3.8) is 0 Å². The Balaban J connectivity index is 1.92. The van der Waals surface area contributed by atoms with E-state index in [1.165, 1.54) is 31.2 Å². The van der Waals surface area contributed by atoms with Crippen LogP contribution in [-0.4, -0.2) is 6.54 Å². The third kappa shape index (κ3) is 2.34. The molecule has 2 aliphatic rings. The largest absolute Gasteiger partial charge is 0.310 e. The molecule has 1 fully saturated rings. The highest BCUT2D eigenvalue weighted by molar-refractivity contribution is 5.37. The lowest BCUT2D eigenvalue weighted by atomic mass is 9.87. The van der Waals surface area contributed by atoms with Crippen LogP contribution in [-0.2, 0) is 12.8 Å². The molecular formula is C20H31N. The lowest BCUT2D eigenvalue weighted by molar-refractivity contribution is 0.418. The number of rotatable bonds is 4. The molecule has 116 valence electrons. The van der Waals surface area contributed by atoms with Gasteiger partial charge in [-0.1, -0.05) is 52.8 Å². The molecule has 0 bridgehead atoms. The molecule has 0 spiro atoms. The molecule has 1 N–H and O–H groups in total. The Hall–Kier alpha value is -0.820. The van der Waals surface area contributed by atoms with Gasteiger partial charge in [-0.2, -0.15) is 0 Å². The van der Waals surface area contributed by atoms with Crippen LogP contribution in [0.15, 0.2) is 18.2 Å². The van der Waals surface area contributed by atoms with Crippen LogP contribution >= 0.6 is 0 Å². The van der Waals surface area contributed by atoms with Crippen LogP contribution in [0.2, 0.25) is 0 Å². The fourth-order valence-corrected chi connectivity index (χ4v) is 4.68. The zero-order valence-corrected chi connectivity index (χ0v) is 14.4. The van der Waals surface area contributed by atoms with E-state index < -0.39 is 0 Å². The standard InChI is InChI=1S/C20H31N/c1-6-21-17(18-19(2,3)20(18,4)5)16-12-11-14-9-7-8-10-15(14)13-16/h11-13,17-18,21H,6-10H2,1-5H3. The van der Waals surface area contributed by atoms with Gasteiger partial charge in [0.15, 0.2) is 0 Å². The van der Waals surface area contributed by atoms with Gasteiger partial charge in [-0.3, -0.25) is 0 Å². The molecule has 1 saturated carbocycles. The number of hydrogen-bond donors (Lipinski definition) is 1.